The van der Waals surface area contributed by atoms with Gasteiger partial charge in [-0.1, -0.05) is 43.7 Å². The molecule has 1 aromatic rings. The van der Waals surface area contributed by atoms with Crippen molar-refractivity contribution in [2.45, 2.75) is 44.5 Å². The van der Waals surface area contributed by atoms with Crippen LogP contribution in [0.3, 0.4) is 0 Å². The van der Waals surface area contributed by atoms with Crippen LogP contribution in [0.2, 0.25) is 0 Å². The molecule has 3 heteroatoms. The number of nitrogens with zero attached hydrogens (tertiary/aromatic N) is 1. The van der Waals surface area contributed by atoms with Gasteiger partial charge in [-0.3, -0.25) is 0 Å². The van der Waals surface area contributed by atoms with Crippen LogP contribution < -0.4 is 0 Å². The summed E-state index contributed by atoms with van der Waals surface area (Å²) in [6.45, 7) is 6.39. The van der Waals surface area contributed by atoms with Crippen LogP contribution in [0, 0.1) is 0 Å². The summed E-state index contributed by atoms with van der Waals surface area (Å²) >= 11 is 0. The molecule has 2 saturated heterocycles. The molecule has 2 heterocycles. The molecule has 3 atom stereocenters. The van der Waals surface area contributed by atoms with Gasteiger partial charge in [-0.2, -0.15) is 0 Å². The molecule has 2 aliphatic heterocycles. The van der Waals surface area contributed by atoms with Crippen LogP contribution in [0.5, 0.6) is 0 Å². The average Bonchev–Trinajstić information content (AvgIpc) is 2.97. The lowest BCUT2D eigenvalue weighted by Crippen LogP contribution is -2.37. The van der Waals surface area contributed by atoms with E-state index >= 15 is 0 Å². The normalized spacial score (nSPS) is 29.4. The Morgan fingerprint density at radius 2 is 1.90 bits per heavy atom. The molecule has 0 bridgehead atoms. The van der Waals surface area contributed by atoms with Crippen LogP contribution in [0.25, 0.3) is 0 Å². The Labute approximate surface area is 121 Å². The van der Waals surface area contributed by atoms with Crippen molar-refractivity contribution in [1.82, 2.24) is 4.90 Å². The average molecular weight is 275 g/mol. The highest BCUT2D eigenvalue weighted by molar-refractivity contribution is 5.19. The summed E-state index contributed by atoms with van der Waals surface area (Å²) in [7, 11) is 0. The maximum Gasteiger partial charge on any atom is 0.164 e. The largest absolute Gasteiger partial charge is 0.349 e. The Morgan fingerprint density at radius 1 is 1.15 bits per heavy atom. The molecule has 2 fully saturated rings. The third-order valence-corrected chi connectivity index (χ3v) is 4.42. The zero-order valence-corrected chi connectivity index (χ0v) is 12.3. The van der Waals surface area contributed by atoms with E-state index in [0.717, 1.165) is 13.2 Å². The molecular weight excluding hydrogens is 250 g/mol. The van der Waals surface area contributed by atoms with E-state index in [1.807, 2.05) is 6.07 Å². The number of rotatable bonds is 4. The molecule has 20 heavy (non-hydrogen) atoms. The van der Waals surface area contributed by atoms with Gasteiger partial charge < -0.3 is 14.4 Å². The van der Waals surface area contributed by atoms with E-state index in [1.54, 1.807) is 0 Å². The molecule has 0 spiro atoms. The number of benzene rings is 1. The summed E-state index contributed by atoms with van der Waals surface area (Å²) in [6.07, 6.45) is 4.19. The Balaban J connectivity index is 1.51. The minimum Gasteiger partial charge on any atom is -0.349 e. The summed E-state index contributed by atoms with van der Waals surface area (Å²) in [5, 5.41) is 0. The van der Waals surface area contributed by atoms with Crippen molar-refractivity contribution in [1.29, 1.82) is 0 Å². The fraction of sp³-hybridized carbons (Fsp3) is 0.647. The summed E-state index contributed by atoms with van der Waals surface area (Å²) in [4.78, 5) is 2.52. The van der Waals surface area contributed by atoms with Crippen molar-refractivity contribution in [2.24, 2.45) is 0 Å². The first-order valence-electron chi connectivity index (χ1n) is 7.87. The Morgan fingerprint density at radius 3 is 2.65 bits per heavy atom. The van der Waals surface area contributed by atoms with Crippen LogP contribution >= 0.6 is 0 Å². The number of ether oxygens (including phenoxy) is 2. The number of hydrogen-bond donors (Lipinski definition) is 0. The molecular formula is C17H25NO2. The lowest BCUT2D eigenvalue weighted by atomic mass is 10.0. The van der Waals surface area contributed by atoms with Gasteiger partial charge in [0, 0.05) is 12.5 Å². The lowest BCUT2D eigenvalue weighted by Gasteiger charge is -2.28. The highest BCUT2D eigenvalue weighted by atomic mass is 16.7. The monoisotopic (exact) mass is 275 g/mol. The van der Waals surface area contributed by atoms with Gasteiger partial charge in [0.25, 0.3) is 0 Å². The molecule has 2 aliphatic rings. The highest BCUT2D eigenvalue weighted by Crippen LogP contribution is 2.27. The van der Waals surface area contributed by atoms with Crippen LogP contribution in [0.1, 0.15) is 37.7 Å². The highest BCUT2D eigenvalue weighted by Gasteiger charge is 2.32. The number of piperidine rings is 1. The molecule has 0 amide bonds. The summed E-state index contributed by atoms with van der Waals surface area (Å²) in [6, 6.07) is 10.5. The molecule has 0 saturated carbocycles. The first kappa shape index (κ1) is 14.1. The third-order valence-electron chi connectivity index (χ3n) is 4.42. The van der Waals surface area contributed by atoms with Crippen LogP contribution in [0.4, 0.5) is 0 Å². The Hall–Kier alpha value is -0.900. The second-order valence-electron chi connectivity index (χ2n) is 6.02. The van der Waals surface area contributed by atoms with Crippen molar-refractivity contribution in [3.05, 3.63) is 35.9 Å². The summed E-state index contributed by atoms with van der Waals surface area (Å²) < 4.78 is 12.0. The van der Waals surface area contributed by atoms with Gasteiger partial charge in [0.2, 0.25) is 0 Å². The topological polar surface area (TPSA) is 21.7 Å². The quantitative estimate of drug-likeness (QED) is 0.843. The van der Waals surface area contributed by atoms with E-state index in [1.165, 1.54) is 37.9 Å². The fourth-order valence-corrected chi connectivity index (χ4v) is 3.17. The van der Waals surface area contributed by atoms with Gasteiger partial charge in [-0.05, 0) is 31.5 Å². The van der Waals surface area contributed by atoms with Gasteiger partial charge in [0.05, 0.1) is 12.7 Å². The third kappa shape index (κ3) is 3.40. The van der Waals surface area contributed by atoms with Crippen molar-refractivity contribution in [3.63, 3.8) is 0 Å². The van der Waals surface area contributed by atoms with E-state index in [0.29, 0.717) is 5.92 Å². The maximum absolute atomic E-state index is 6.12. The SMILES string of the molecule is C[C@@H](c1ccccc1)[C@@H]1OC[C@@H](CN2CCCCC2)O1. The number of hydrogen-bond acceptors (Lipinski definition) is 3. The van der Waals surface area contributed by atoms with Crippen LogP contribution in [-0.2, 0) is 9.47 Å². The maximum atomic E-state index is 6.12. The zero-order valence-electron chi connectivity index (χ0n) is 12.3. The number of likely N-dealkylation sites (tertiary alicyclic amines) is 1. The molecule has 0 aromatic heterocycles. The van der Waals surface area contributed by atoms with E-state index in [9.17, 15) is 0 Å². The molecule has 0 N–H and O–H groups in total. The predicted molar refractivity (Wildman–Crippen MR) is 79.8 cm³/mol. The van der Waals surface area contributed by atoms with Crippen molar-refractivity contribution in [3.8, 4) is 0 Å². The van der Waals surface area contributed by atoms with Crippen molar-refractivity contribution in [2.75, 3.05) is 26.2 Å². The van der Waals surface area contributed by atoms with Crippen molar-refractivity contribution < 1.29 is 9.47 Å². The minimum atomic E-state index is -0.0906. The van der Waals surface area contributed by atoms with Gasteiger partial charge >= 0.3 is 0 Å². The molecule has 3 rings (SSSR count). The smallest absolute Gasteiger partial charge is 0.164 e. The van der Waals surface area contributed by atoms with Crippen LogP contribution in [0.15, 0.2) is 30.3 Å². The second kappa shape index (κ2) is 6.70. The van der Waals surface area contributed by atoms with E-state index in [-0.39, 0.29) is 12.4 Å². The predicted octanol–water partition coefficient (Wildman–Crippen LogP) is 3.02. The van der Waals surface area contributed by atoms with Crippen molar-refractivity contribution >= 4 is 0 Å². The van der Waals surface area contributed by atoms with Gasteiger partial charge in [-0.15, -0.1) is 0 Å². The molecule has 0 unspecified atom stereocenters. The second-order valence-corrected chi connectivity index (χ2v) is 6.02. The minimum absolute atomic E-state index is 0.0906. The van der Waals surface area contributed by atoms with E-state index < -0.39 is 0 Å². The standard InChI is InChI=1S/C17H25NO2/c1-14(15-8-4-2-5-9-15)17-19-13-16(20-17)12-18-10-6-3-7-11-18/h2,4-5,8-9,14,16-17H,3,6-7,10-13H2,1H3/t14-,16+,17+/m0/s1. The van der Waals surface area contributed by atoms with Gasteiger partial charge in [-0.25, -0.2) is 0 Å². The van der Waals surface area contributed by atoms with Crippen LogP contribution in [-0.4, -0.2) is 43.5 Å². The van der Waals surface area contributed by atoms with Gasteiger partial charge in [0.1, 0.15) is 0 Å². The molecule has 1 aromatic carbocycles. The zero-order chi connectivity index (χ0) is 13.8. The molecule has 110 valence electrons. The van der Waals surface area contributed by atoms with E-state index in [2.05, 4.69) is 36.1 Å². The lowest BCUT2D eigenvalue weighted by molar-refractivity contribution is -0.0758. The summed E-state index contributed by atoms with van der Waals surface area (Å²) in [5.74, 6) is 0.294. The Kier molecular flexibility index (Phi) is 4.71. The summed E-state index contributed by atoms with van der Waals surface area (Å²) in [5.41, 5.74) is 1.29. The molecule has 0 aliphatic carbocycles. The first-order valence-corrected chi connectivity index (χ1v) is 7.87. The first-order chi connectivity index (χ1) is 9.83. The molecule has 3 nitrogen and oxygen atoms in total. The Bertz CT molecular complexity index is 403. The van der Waals surface area contributed by atoms with Gasteiger partial charge in [0.15, 0.2) is 6.29 Å². The fourth-order valence-electron chi connectivity index (χ4n) is 3.17. The van der Waals surface area contributed by atoms with E-state index in [4.69, 9.17) is 9.47 Å². The molecule has 0 radical (unpaired) electrons.